The summed E-state index contributed by atoms with van der Waals surface area (Å²) in [6.45, 7) is 0. The zero-order chi connectivity index (χ0) is 9.84. The van der Waals surface area contributed by atoms with Crippen molar-refractivity contribution in [3.63, 3.8) is 0 Å². The molecule has 0 aromatic heterocycles. The van der Waals surface area contributed by atoms with Crippen LogP contribution in [0.5, 0.6) is 11.5 Å². The summed E-state index contributed by atoms with van der Waals surface area (Å²) in [4.78, 5) is 0. The molecule has 0 aliphatic rings. The van der Waals surface area contributed by atoms with Gasteiger partial charge in [-0.15, -0.1) is 0 Å². The molecule has 2 nitrogen and oxygen atoms in total. The van der Waals surface area contributed by atoms with Gasteiger partial charge in [0.05, 0.1) is 12.1 Å². The first-order valence-electron chi connectivity index (χ1n) is 3.80. The number of aryl methyl sites for hydroxylation is 1. The van der Waals surface area contributed by atoms with Gasteiger partial charge in [-0.1, -0.05) is 27.5 Å². The SMILES string of the molecule is COc1cc(Cl)c(O)c(CCBr)c1. The molecular formula is C9H10BrClO2. The number of alkyl halides is 1. The van der Waals surface area contributed by atoms with E-state index in [1.54, 1.807) is 19.2 Å². The van der Waals surface area contributed by atoms with Crippen LogP contribution in [0.25, 0.3) is 0 Å². The molecule has 1 aromatic rings. The van der Waals surface area contributed by atoms with Crippen molar-refractivity contribution < 1.29 is 9.84 Å². The van der Waals surface area contributed by atoms with Gasteiger partial charge in [-0.3, -0.25) is 0 Å². The van der Waals surface area contributed by atoms with Crippen molar-refractivity contribution in [2.24, 2.45) is 0 Å². The Labute approximate surface area is 90.6 Å². The van der Waals surface area contributed by atoms with Crippen LogP contribution in [0.4, 0.5) is 0 Å². The molecule has 0 heterocycles. The second kappa shape index (κ2) is 4.72. The van der Waals surface area contributed by atoms with E-state index in [9.17, 15) is 5.11 Å². The fraction of sp³-hybridized carbons (Fsp3) is 0.333. The maximum absolute atomic E-state index is 9.54. The maximum Gasteiger partial charge on any atom is 0.137 e. The summed E-state index contributed by atoms with van der Waals surface area (Å²) in [6.07, 6.45) is 0.725. The van der Waals surface area contributed by atoms with E-state index in [4.69, 9.17) is 16.3 Å². The molecule has 0 unspecified atom stereocenters. The van der Waals surface area contributed by atoms with Gasteiger partial charge in [0.1, 0.15) is 11.5 Å². The summed E-state index contributed by atoms with van der Waals surface area (Å²) in [7, 11) is 1.57. The number of aromatic hydroxyl groups is 1. The van der Waals surface area contributed by atoms with Gasteiger partial charge in [0.25, 0.3) is 0 Å². The lowest BCUT2D eigenvalue weighted by Crippen LogP contribution is -1.90. The highest BCUT2D eigenvalue weighted by Crippen LogP contribution is 2.32. The molecule has 0 saturated heterocycles. The fourth-order valence-corrected chi connectivity index (χ4v) is 1.69. The number of benzene rings is 1. The van der Waals surface area contributed by atoms with Gasteiger partial charge < -0.3 is 9.84 Å². The molecule has 1 aromatic carbocycles. The molecule has 0 bridgehead atoms. The fourth-order valence-electron chi connectivity index (χ4n) is 1.04. The zero-order valence-electron chi connectivity index (χ0n) is 7.18. The summed E-state index contributed by atoms with van der Waals surface area (Å²) in [6, 6.07) is 3.37. The van der Waals surface area contributed by atoms with E-state index >= 15 is 0 Å². The van der Waals surface area contributed by atoms with Crippen LogP contribution < -0.4 is 4.74 Å². The number of methoxy groups -OCH3 is 1. The minimum absolute atomic E-state index is 0.141. The van der Waals surface area contributed by atoms with E-state index in [1.165, 1.54) is 0 Å². The molecule has 72 valence electrons. The van der Waals surface area contributed by atoms with Gasteiger partial charge in [0.15, 0.2) is 0 Å². The molecule has 0 fully saturated rings. The van der Waals surface area contributed by atoms with E-state index in [1.807, 2.05) is 0 Å². The van der Waals surface area contributed by atoms with Crippen LogP contribution in [-0.2, 0) is 6.42 Å². The highest BCUT2D eigenvalue weighted by atomic mass is 79.9. The maximum atomic E-state index is 9.54. The van der Waals surface area contributed by atoms with Crippen molar-refractivity contribution >= 4 is 27.5 Å². The molecule has 0 saturated carbocycles. The second-order valence-corrected chi connectivity index (χ2v) is 3.76. The Balaban J connectivity index is 3.09. The van der Waals surface area contributed by atoms with Crippen molar-refractivity contribution in [1.82, 2.24) is 0 Å². The van der Waals surface area contributed by atoms with Gasteiger partial charge in [-0.2, -0.15) is 0 Å². The van der Waals surface area contributed by atoms with Crippen molar-refractivity contribution in [2.75, 3.05) is 12.4 Å². The van der Waals surface area contributed by atoms with Crippen LogP contribution in [0.2, 0.25) is 5.02 Å². The van der Waals surface area contributed by atoms with Crippen LogP contribution in [0.1, 0.15) is 5.56 Å². The molecule has 0 radical (unpaired) electrons. The third-order valence-electron chi connectivity index (χ3n) is 1.72. The van der Waals surface area contributed by atoms with E-state index in [0.29, 0.717) is 10.8 Å². The average molecular weight is 266 g/mol. The van der Waals surface area contributed by atoms with Gasteiger partial charge in [-0.25, -0.2) is 0 Å². The molecule has 1 rings (SSSR count). The smallest absolute Gasteiger partial charge is 0.137 e. The first-order valence-corrected chi connectivity index (χ1v) is 5.30. The monoisotopic (exact) mass is 264 g/mol. The van der Waals surface area contributed by atoms with Crippen molar-refractivity contribution in [3.8, 4) is 11.5 Å². The summed E-state index contributed by atoms with van der Waals surface area (Å²) in [5, 5.41) is 10.7. The lowest BCUT2D eigenvalue weighted by Gasteiger charge is -2.07. The van der Waals surface area contributed by atoms with Crippen LogP contribution in [0.15, 0.2) is 12.1 Å². The standard InChI is InChI=1S/C9H10BrClO2/c1-13-7-4-6(2-3-10)9(12)8(11)5-7/h4-5,12H,2-3H2,1H3. The number of hydrogen-bond acceptors (Lipinski definition) is 2. The summed E-state index contributed by atoms with van der Waals surface area (Å²) < 4.78 is 5.03. The second-order valence-electron chi connectivity index (χ2n) is 2.56. The zero-order valence-corrected chi connectivity index (χ0v) is 9.52. The van der Waals surface area contributed by atoms with E-state index in [-0.39, 0.29) is 5.75 Å². The molecule has 13 heavy (non-hydrogen) atoms. The number of halogens is 2. The first kappa shape index (κ1) is 10.7. The Kier molecular flexibility index (Phi) is 3.88. The number of rotatable bonds is 3. The Bertz CT molecular complexity index is 302. The molecule has 0 aliphatic heterocycles. The number of ether oxygens (including phenoxy) is 1. The lowest BCUT2D eigenvalue weighted by molar-refractivity contribution is 0.411. The first-order chi connectivity index (χ1) is 6.19. The number of hydrogen-bond donors (Lipinski definition) is 1. The topological polar surface area (TPSA) is 29.5 Å². The van der Waals surface area contributed by atoms with Crippen LogP contribution >= 0.6 is 27.5 Å². The van der Waals surface area contributed by atoms with Crippen molar-refractivity contribution in [2.45, 2.75) is 6.42 Å². The molecule has 0 amide bonds. The molecule has 4 heteroatoms. The van der Waals surface area contributed by atoms with Crippen molar-refractivity contribution in [3.05, 3.63) is 22.7 Å². The van der Waals surface area contributed by atoms with Crippen LogP contribution in [0.3, 0.4) is 0 Å². The third-order valence-corrected chi connectivity index (χ3v) is 2.40. The van der Waals surface area contributed by atoms with Gasteiger partial charge in [0, 0.05) is 11.4 Å². The quantitative estimate of drug-likeness (QED) is 0.852. The largest absolute Gasteiger partial charge is 0.506 e. The van der Waals surface area contributed by atoms with E-state index in [0.717, 1.165) is 17.3 Å². The van der Waals surface area contributed by atoms with Crippen LogP contribution in [-0.4, -0.2) is 17.5 Å². The van der Waals surface area contributed by atoms with Gasteiger partial charge in [-0.05, 0) is 18.1 Å². The summed E-state index contributed by atoms with van der Waals surface area (Å²) in [5.74, 6) is 0.806. The summed E-state index contributed by atoms with van der Waals surface area (Å²) >= 11 is 9.08. The number of phenols is 1. The van der Waals surface area contributed by atoms with Crippen molar-refractivity contribution in [1.29, 1.82) is 0 Å². The lowest BCUT2D eigenvalue weighted by atomic mass is 10.1. The highest BCUT2D eigenvalue weighted by Gasteiger charge is 2.07. The predicted molar refractivity (Wildman–Crippen MR) is 57.2 cm³/mol. The minimum atomic E-state index is 0.141. The number of phenolic OH excluding ortho intramolecular Hbond substituents is 1. The van der Waals surface area contributed by atoms with E-state index in [2.05, 4.69) is 15.9 Å². The Morgan fingerprint density at radius 2 is 2.23 bits per heavy atom. The Hall–Kier alpha value is -0.410. The molecule has 0 spiro atoms. The Morgan fingerprint density at radius 3 is 2.77 bits per heavy atom. The highest BCUT2D eigenvalue weighted by molar-refractivity contribution is 9.09. The Morgan fingerprint density at radius 1 is 1.54 bits per heavy atom. The average Bonchev–Trinajstić information content (AvgIpc) is 2.13. The van der Waals surface area contributed by atoms with E-state index < -0.39 is 0 Å². The van der Waals surface area contributed by atoms with Gasteiger partial charge >= 0.3 is 0 Å². The molecule has 1 N–H and O–H groups in total. The molecule has 0 atom stereocenters. The van der Waals surface area contributed by atoms with Crippen LogP contribution in [0, 0.1) is 0 Å². The summed E-state index contributed by atoms with van der Waals surface area (Å²) in [5.41, 5.74) is 0.793. The molecular weight excluding hydrogens is 255 g/mol. The molecule has 0 aliphatic carbocycles. The third kappa shape index (κ3) is 2.51. The normalized spacial score (nSPS) is 10.1. The van der Waals surface area contributed by atoms with Gasteiger partial charge in [0.2, 0.25) is 0 Å². The minimum Gasteiger partial charge on any atom is -0.506 e. The predicted octanol–water partition coefficient (Wildman–Crippen LogP) is 2.99.